The molecular formula is C25H27ClN4O2S. The van der Waals surface area contributed by atoms with Crippen LogP contribution in [-0.4, -0.2) is 46.5 Å². The molecule has 6 nitrogen and oxygen atoms in total. The molecule has 1 amide bonds. The number of ether oxygens (including phenoxy) is 1. The molecule has 33 heavy (non-hydrogen) atoms. The first-order chi connectivity index (χ1) is 16.1. The van der Waals surface area contributed by atoms with E-state index >= 15 is 0 Å². The average Bonchev–Trinajstić information content (AvgIpc) is 2.83. The van der Waals surface area contributed by atoms with Gasteiger partial charge in [0.1, 0.15) is 5.75 Å². The Hall–Kier alpha value is -2.61. The number of amides is 1. The predicted molar refractivity (Wildman–Crippen MR) is 131 cm³/mol. The molecule has 4 rings (SSSR count). The van der Waals surface area contributed by atoms with Crippen LogP contribution in [0.1, 0.15) is 36.5 Å². The zero-order valence-electron chi connectivity index (χ0n) is 18.5. The molecule has 0 saturated carbocycles. The minimum absolute atomic E-state index is 0.0790. The van der Waals surface area contributed by atoms with Crippen molar-refractivity contribution in [1.29, 1.82) is 0 Å². The second-order valence-electron chi connectivity index (χ2n) is 7.99. The Morgan fingerprint density at radius 3 is 2.64 bits per heavy atom. The van der Waals surface area contributed by atoms with Crippen molar-refractivity contribution >= 4 is 29.3 Å². The number of likely N-dealkylation sites (tertiary alicyclic amines) is 1. The molecule has 0 unspecified atom stereocenters. The summed E-state index contributed by atoms with van der Waals surface area (Å²) in [6.45, 7) is 4.90. The van der Waals surface area contributed by atoms with Crippen LogP contribution < -0.4 is 10.1 Å². The first-order valence-electron chi connectivity index (χ1n) is 11.1. The number of rotatable bonds is 8. The second kappa shape index (κ2) is 11.5. The maximum absolute atomic E-state index is 12.5. The summed E-state index contributed by atoms with van der Waals surface area (Å²) >= 11 is 7.41. The fourth-order valence-corrected chi connectivity index (χ4v) is 4.67. The normalized spacial score (nSPS) is 16.4. The minimum Gasteiger partial charge on any atom is -0.437 e. The number of aromatic nitrogens is 2. The molecule has 172 valence electrons. The minimum atomic E-state index is -0.0790. The van der Waals surface area contributed by atoms with Crippen LogP contribution in [0.5, 0.6) is 11.6 Å². The van der Waals surface area contributed by atoms with Crippen molar-refractivity contribution in [3.05, 3.63) is 71.5 Å². The molecule has 1 aromatic heterocycles. The van der Waals surface area contributed by atoms with Gasteiger partial charge >= 0.3 is 0 Å². The number of carbonyl (C=O) groups is 1. The molecule has 1 atom stereocenters. The van der Waals surface area contributed by atoms with Crippen molar-refractivity contribution in [3.8, 4) is 11.6 Å². The van der Waals surface area contributed by atoms with Gasteiger partial charge in [-0.15, -0.1) is 0 Å². The highest BCUT2D eigenvalue weighted by Gasteiger charge is 2.18. The van der Waals surface area contributed by atoms with Gasteiger partial charge in [-0.05, 0) is 74.8 Å². The Morgan fingerprint density at radius 2 is 1.88 bits per heavy atom. The molecule has 0 bridgehead atoms. The van der Waals surface area contributed by atoms with Gasteiger partial charge in [0.15, 0.2) is 5.03 Å². The average molecular weight is 483 g/mol. The summed E-state index contributed by atoms with van der Waals surface area (Å²) in [7, 11) is 0. The highest BCUT2D eigenvalue weighted by molar-refractivity contribution is 7.99. The van der Waals surface area contributed by atoms with Gasteiger partial charge in [-0.3, -0.25) is 9.69 Å². The fraction of sp³-hybridized carbons (Fsp3) is 0.320. The molecule has 1 N–H and O–H groups in total. The van der Waals surface area contributed by atoms with Crippen molar-refractivity contribution in [2.45, 2.75) is 42.1 Å². The van der Waals surface area contributed by atoms with Gasteiger partial charge in [0.05, 0.1) is 0 Å². The number of carbonyl (C=O) groups excluding carboxylic acids is 1. The standard InChI is InChI=1S/C25H27ClN4O2S/c1-18-4-2-3-16-30(18)17-15-27-23(31)19-5-9-21(10-6-19)32-24-25(29-14-13-28-24)33-22-11-7-20(26)8-12-22/h5-14,18H,2-4,15-17H2,1H3,(H,27,31)/t18-/m1/s1. The van der Waals surface area contributed by atoms with Crippen LogP contribution in [0.4, 0.5) is 0 Å². The summed E-state index contributed by atoms with van der Waals surface area (Å²) < 4.78 is 5.95. The molecule has 0 radical (unpaired) electrons. The van der Waals surface area contributed by atoms with E-state index in [1.165, 1.54) is 31.0 Å². The zero-order chi connectivity index (χ0) is 23.0. The maximum Gasteiger partial charge on any atom is 0.252 e. The quantitative estimate of drug-likeness (QED) is 0.445. The third-order valence-electron chi connectivity index (χ3n) is 5.62. The van der Waals surface area contributed by atoms with Crippen molar-refractivity contribution < 1.29 is 9.53 Å². The van der Waals surface area contributed by atoms with Gasteiger partial charge in [0, 0.05) is 47.0 Å². The van der Waals surface area contributed by atoms with E-state index in [0.717, 1.165) is 18.0 Å². The molecule has 3 aromatic rings. The lowest BCUT2D eigenvalue weighted by atomic mass is 10.0. The van der Waals surface area contributed by atoms with Crippen molar-refractivity contribution in [3.63, 3.8) is 0 Å². The Kier molecular flexibility index (Phi) is 8.20. The molecule has 1 saturated heterocycles. The molecule has 2 heterocycles. The van der Waals surface area contributed by atoms with Gasteiger partial charge in [-0.2, -0.15) is 0 Å². The van der Waals surface area contributed by atoms with E-state index in [1.54, 1.807) is 36.7 Å². The summed E-state index contributed by atoms with van der Waals surface area (Å²) in [5.74, 6) is 0.919. The van der Waals surface area contributed by atoms with E-state index in [1.807, 2.05) is 24.3 Å². The van der Waals surface area contributed by atoms with Crippen LogP contribution in [-0.2, 0) is 0 Å². The molecule has 1 aliphatic heterocycles. The van der Waals surface area contributed by atoms with E-state index in [0.29, 0.717) is 39.8 Å². The van der Waals surface area contributed by atoms with Gasteiger partial charge in [0.2, 0.25) is 0 Å². The Morgan fingerprint density at radius 1 is 1.12 bits per heavy atom. The monoisotopic (exact) mass is 482 g/mol. The molecule has 1 aliphatic rings. The van der Waals surface area contributed by atoms with Crippen LogP contribution in [0, 0.1) is 0 Å². The summed E-state index contributed by atoms with van der Waals surface area (Å²) in [5.41, 5.74) is 0.601. The number of piperidine rings is 1. The number of hydrogen-bond acceptors (Lipinski definition) is 6. The Labute approximate surface area is 203 Å². The SMILES string of the molecule is C[C@@H]1CCCCN1CCNC(=O)c1ccc(Oc2nccnc2Sc2ccc(Cl)cc2)cc1. The molecule has 0 aliphatic carbocycles. The third kappa shape index (κ3) is 6.69. The molecule has 2 aromatic carbocycles. The van der Waals surface area contributed by atoms with Crippen LogP contribution in [0.2, 0.25) is 5.02 Å². The van der Waals surface area contributed by atoms with Crippen LogP contribution >= 0.6 is 23.4 Å². The molecule has 0 spiro atoms. The number of benzene rings is 2. The fourth-order valence-electron chi connectivity index (χ4n) is 3.76. The second-order valence-corrected chi connectivity index (χ2v) is 9.48. The van der Waals surface area contributed by atoms with Crippen LogP contribution in [0.15, 0.2) is 70.8 Å². The lowest BCUT2D eigenvalue weighted by molar-refractivity contribution is 0.0938. The van der Waals surface area contributed by atoms with Crippen LogP contribution in [0.3, 0.4) is 0 Å². The number of hydrogen-bond donors (Lipinski definition) is 1. The first-order valence-corrected chi connectivity index (χ1v) is 12.3. The van der Waals surface area contributed by atoms with E-state index < -0.39 is 0 Å². The highest BCUT2D eigenvalue weighted by Crippen LogP contribution is 2.34. The number of nitrogens with one attached hydrogen (secondary N) is 1. The smallest absolute Gasteiger partial charge is 0.252 e. The van der Waals surface area contributed by atoms with Crippen LogP contribution in [0.25, 0.3) is 0 Å². The summed E-state index contributed by atoms with van der Waals surface area (Å²) in [5, 5.41) is 4.35. The highest BCUT2D eigenvalue weighted by atomic mass is 35.5. The van der Waals surface area contributed by atoms with Gasteiger partial charge in [0.25, 0.3) is 11.8 Å². The van der Waals surface area contributed by atoms with E-state index in [4.69, 9.17) is 16.3 Å². The van der Waals surface area contributed by atoms with Gasteiger partial charge in [-0.25, -0.2) is 9.97 Å². The Bertz CT molecular complexity index is 1060. The maximum atomic E-state index is 12.5. The predicted octanol–water partition coefficient (Wildman–Crippen LogP) is 5.68. The Balaban J connectivity index is 1.33. The van der Waals surface area contributed by atoms with Crippen molar-refractivity contribution in [1.82, 2.24) is 20.2 Å². The molecular weight excluding hydrogens is 456 g/mol. The molecule has 8 heteroatoms. The molecule has 1 fully saturated rings. The third-order valence-corrected chi connectivity index (χ3v) is 6.85. The number of halogens is 1. The van der Waals surface area contributed by atoms with E-state index in [9.17, 15) is 4.79 Å². The number of nitrogens with zero attached hydrogens (tertiary/aromatic N) is 3. The van der Waals surface area contributed by atoms with Gasteiger partial charge in [-0.1, -0.05) is 29.8 Å². The van der Waals surface area contributed by atoms with E-state index in [2.05, 4.69) is 27.1 Å². The lowest BCUT2D eigenvalue weighted by Gasteiger charge is -2.33. The lowest BCUT2D eigenvalue weighted by Crippen LogP contribution is -2.42. The van der Waals surface area contributed by atoms with Crippen molar-refractivity contribution in [2.24, 2.45) is 0 Å². The summed E-state index contributed by atoms with van der Waals surface area (Å²) in [4.78, 5) is 24.7. The van der Waals surface area contributed by atoms with Crippen molar-refractivity contribution in [2.75, 3.05) is 19.6 Å². The zero-order valence-corrected chi connectivity index (χ0v) is 20.1. The topological polar surface area (TPSA) is 67.4 Å². The first kappa shape index (κ1) is 23.5. The largest absolute Gasteiger partial charge is 0.437 e. The van der Waals surface area contributed by atoms with E-state index in [-0.39, 0.29) is 5.91 Å². The summed E-state index contributed by atoms with van der Waals surface area (Å²) in [6.07, 6.45) is 7.00. The van der Waals surface area contributed by atoms with Gasteiger partial charge < -0.3 is 10.1 Å². The summed E-state index contributed by atoms with van der Waals surface area (Å²) in [6, 6.07) is 15.2.